The number of aromatic nitrogens is 2. The molecule has 0 radical (unpaired) electrons. The lowest BCUT2D eigenvalue weighted by molar-refractivity contribution is 0.416. The fourth-order valence-corrected chi connectivity index (χ4v) is 2.17. The quantitative estimate of drug-likeness (QED) is 0.868. The number of aryl methyl sites for hydroxylation is 2. The minimum Gasteiger partial charge on any atom is -0.495 e. The van der Waals surface area contributed by atoms with E-state index in [1.165, 1.54) is 0 Å². The van der Waals surface area contributed by atoms with Gasteiger partial charge in [-0.3, -0.25) is 0 Å². The van der Waals surface area contributed by atoms with Crippen LogP contribution in [0.2, 0.25) is 0 Å². The molecule has 100 valence electrons. The van der Waals surface area contributed by atoms with Crippen molar-refractivity contribution in [2.45, 2.75) is 20.3 Å². The smallest absolute Gasteiger partial charge is 0.142 e. The van der Waals surface area contributed by atoms with Crippen LogP contribution in [0.3, 0.4) is 0 Å². The van der Waals surface area contributed by atoms with Crippen LogP contribution in [0.25, 0.3) is 0 Å². The van der Waals surface area contributed by atoms with Crippen LogP contribution in [-0.4, -0.2) is 17.1 Å². The molecule has 5 heteroatoms. The number of hydrogen-bond acceptors (Lipinski definition) is 4. The van der Waals surface area contributed by atoms with Crippen LogP contribution in [0.4, 0.5) is 11.5 Å². The first-order chi connectivity index (χ1) is 9.12. The Morgan fingerprint density at radius 3 is 2.74 bits per heavy atom. The minimum absolute atomic E-state index is 0.752. The molecule has 2 aromatic rings. The number of rotatable bonds is 4. The van der Waals surface area contributed by atoms with Crippen molar-refractivity contribution in [1.29, 1.82) is 0 Å². The maximum absolute atomic E-state index is 5.34. The van der Waals surface area contributed by atoms with Crippen LogP contribution in [0.5, 0.6) is 5.75 Å². The van der Waals surface area contributed by atoms with Crippen molar-refractivity contribution in [3.8, 4) is 5.75 Å². The zero-order chi connectivity index (χ0) is 13.8. The highest BCUT2D eigenvalue weighted by molar-refractivity contribution is 9.10. The molecule has 0 unspecified atom stereocenters. The number of methoxy groups -OCH3 is 1. The number of nitrogens with zero attached hydrogens (tertiary/aromatic N) is 2. The number of nitrogens with one attached hydrogen (secondary N) is 1. The van der Waals surface area contributed by atoms with Crippen LogP contribution in [-0.2, 0) is 6.42 Å². The van der Waals surface area contributed by atoms with Gasteiger partial charge in [-0.1, -0.05) is 13.0 Å². The van der Waals surface area contributed by atoms with E-state index in [0.717, 1.165) is 39.7 Å². The monoisotopic (exact) mass is 321 g/mol. The van der Waals surface area contributed by atoms with Gasteiger partial charge in [0, 0.05) is 12.5 Å². The number of hydrogen-bond donors (Lipinski definition) is 1. The van der Waals surface area contributed by atoms with E-state index in [4.69, 9.17) is 4.74 Å². The molecule has 1 aromatic heterocycles. The number of ether oxygens (including phenoxy) is 1. The van der Waals surface area contributed by atoms with Gasteiger partial charge >= 0.3 is 0 Å². The summed E-state index contributed by atoms with van der Waals surface area (Å²) in [6, 6.07) is 7.83. The lowest BCUT2D eigenvalue weighted by Crippen LogP contribution is -2.01. The SMILES string of the molecule is CCc1nc(Br)cc(Nc2cc(C)ccc2OC)n1. The van der Waals surface area contributed by atoms with Gasteiger partial charge in [0.15, 0.2) is 0 Å². The van der Waals surface area contributed by atoms with Crippen molar-refractivity contribution in [3.63, 3.8) is 0 Å². The zero-order valence-corrected chi connectivity index (χ0v) is 12.8. The molecule has 0 amide bonds. The summed E-state index contributed by atoms with van der Waals surface area (Å²) in [6.07, 6.45) is 0.791. The predicted molar refractivity (Wildman–Crippen MR) is 80.1 cm³/mol. The van der Waals surface area contributed by atoms with E-state index in [2.05, 4.69) is 31.2 Å². The third kappa shape index (κ3) is 3.44. The summed E-state index contributed by atoms with van der Waals surface area (Å²) in [5, 5.41) is 3.27. The second-order valence-electron chi connectivity index (χ2n) is 4.17. The van der Waals surface area contributed by atoms with E-state index in [-0.39, 0.29) is 0 Å². The van der Waals surface area contributed by atoms with Crippen molar-refractivity contribution in [2.24, 2.45) is 0 Å². The van der Waals surface area contributed by atoms with E-state index in [9.17, 15) is 0 Å². The van der Waals surface area contributed by atoms with Gasteiger partial charge in [-0.25, -0.2) is 9.97 Å². The third-order valence-corrected chi connectivity index (χ3v) is 3.08. The molecule has 0 aliphatic carbocycles. The summed E-state index contributed by atoms with van der Waals surface area (Å²) >= 11 is 3.39. The fraction of sp³-hybridized carbons (Fsp3) is 0.286. The summed E-state index contributed by atoms with van der Waals surface area (Å²) < 4.78 is 6.11. The largest absolute Gasteiger partial charge is 0.495 e. The molecule has 0 aliphatic heterocycles. The topological polar surface area (TPSA) is 47.0 Å². The lowest BCUT2D eigenvalue weighted by atomic mass is 10.2. The van der Waals surface area contributed by atoms with Gasteiger partial charge in [0.2, 0.25) is 0 Å². The van der Waals surface area contributed by atoms with Crippen LogP contribution in [0, 0.1) is 6.92 Å². The average Bonchev–Trinajstić information content (AvgIpc) is 2.38. The molecular weight excluding hydrogens is 306 g/mol. The Morgan fingerprint density at radius 1 is 1.26 bits per heavy atom. The van der Waals surface area contributed by atoms with Gasteiger partial charge in [0.1, 0.15) is 22.0 Å². The molecule has 0 saturated heterocycles. The molecule has 0 spiro atoms. The molecule has 0 atom stereocenters. The Balaban J connectivity index is 2.35. The van der Waals surface area contributed by atoms with Crippen LogP contribution >= 0.6 is 15.9 Å². The molecule has 1 N–H and O–H groups in total. The Labute approximate surface area is 121 Å². The van der Waals surface area contributed by atoms with Crippen molar-refractivity contribution in [1.82, 2.24) is 9.97 Å². The lowest BCUT2D eigenvalue weighted by Gasteiger charge is -2.12. The van der Waals surface area contributed by atoms with Crippen molar-refractivity contribution < 1.29 is 4.74 Å². The van der Waals surface area contributed by atoms with Crippen molar-refractivity contribution >= 4 is 27.4 Å². The van der Waals surface area contributed by atoms with E-state index in [0.29, 0.717) is 0 Å². The van der Waals surface area contributed by atoms with Crippen LogP contribution < -0.4 is 10.1 Å². The Hall–Kier alpha value is -1.62. The zero-order valence-electron chi connectivity index (χ0n) is 11.2. The second kappa shape index (κ2) is 6.02. The highest BCUT2D eigenvalue weighted by Crippen LogP contribution is 2.28. The van der Waals surface area contributed by atoms with E-state index in [1.807, 2.05) is 38.1 Å². The number of anilines is 2. The summed E-state index contributed by atoms with van der Waals surface area (Å²) in [5.41, 5.74) is 2.06. The van der Waals surface area contributed by atoms with Gasteiger partial charge in [-0.15, -0.1) is 0 Å². The van der Waals surface area contributed by atoms with Crippen LogP contribution in [0.15, 0.2) is 28.9 Å². The fourth-order valence-electron chi connectivity index (χ4n) is 1.74. The molecular formula is C14H16BrN3O. The van der Waals surface area contributed by atoms with E-state index in [1.54, 1.807) is 7.11 Å². The van der Waals surface area contributed by atoms with Gasteiger partial charge in [-0.2, -0.15) is 0 Å². The summed E-state index contributed by atoms with van der Waals surface area (Å²) in [7, 11) is 1.66. The molecule has 19 heavy (non-hydrogen) atoms. The van der Waals surface area contributed by atoms with E-state index < -0.39 is 0 Å². The third-order valence-electron chi connectivity index (χ3n) is 2.68. The summed E-state index contributed by atoms with van der Waals surface area (Å²) in [4.78, 5) is 8.73. The maximum atomic E-state index is 5.34. The maximum Gasteiger partial charge on any atom is 0.142 e. The molecule has 1 aromatic carbocycles. The Bertz CT molecular complexity index is 587. The molecule has 1 heterocycles. The van der Waals surface area contributed by atoms with Crippen molar-refractivity contribution in [2.75, 3.05) is 12.4 Å². The molecule has 2 rings (SSSR count). The standard InChI is InChI=1S/C14H16BrN3O/c1-4-13-17-12(15)8-14(18-13)16-10-7-9(2)5-6-11(10)19-3/h5-8H,4H2,1-3H3,(H,16,17,18). The normalized spacial score (nSPS) is 10.3. The van der Waals surface area contributed by atoms with Gasteiger partial charge < -0.3 is 10.1 Å². The van der Waals surface area contributed by atoms with Crippen molar-refractivity contribution in [3.05, 3.63) is 40.3 Å². The highest BCUT2D eigenvalue weighted by atomic mass is 79.9. The first kappa shape index (κ1) is 13.8. The Morgan fingerprint density at radius 2 is 2.05 bits per heavy atom. The first-order valence-electron chi connectivity index (χ1n) is 6.07. The molecule has 0 bridgehead atoms. The minimum atomic E-state index is 0.752. The van der Waals surface area contributed by atoms with Gasteiger partial charge in [-0.05, 0) is 40.5 Å². The van der Waals surface area contributed by atoms with Crippen LogP contribution in [0.1, 0.15) is 18.3 Å². The Kier molecular flexibility index (Phi) is 4.37. The predicted octanol–water partition coefficient (Wildman–Crippen LogP) is 3.86. The van der Waals surface area contributed by atoms with Gasteiger partial charge in [0.25, 0.3) is 0 Å². The van der Waals surface area contributed by atoms with E-state index >= 15 is 0 Å². The second-order valence-corrected chi connectivity index (χ2v) is 4.99. The summed E-state index contributed by atoms with van der Waals surface area (Å²) in [6.45, 7) is 4.07. The molecule has 0 aliphatic rings. The van der Waals surface area contributed by atoms with Gasteiger partial charge in [0.05, 0.1) is 12.8 Å². The molecule has 4 nitrogen and oxygen atoms in total. The molecule has 0 fully saturated rings. The molecule has 0 saturated carbocycles. The first-order valence-corrected chi connectivity index (χ1v) is 6.86. The highest BCUT2D eigenvalue weighted by Gasteiger charge is 2.06. The average molecular weight is 322 g/mol. The number of benzene rings is 1. The summed E-state index contributed by atoms with van der Waals surface area (Å²) in [5.74, 6) is 2.34. The number of halogens is 1.